The van der Waals surface area contributed by atoms with E-state index in [0.29, 0.717) is 5.56 Å². The molecule has 0 spiro atoms. The van der Waals surface area contributed by atoms with Crippen LogP contribution in [0.3, 0.4) is 0 Å². The fraction of sp³-hybridized carbons (Fsp3) is 0.238. The molecule has 1 aromatic heterocycles. The summed E-state index contributed by atoms with van der Waals surface area (Å²) in [7, 11) is 0. The Morgan fingerprint density at radius 3 is 2.21 bits per heavy atom. The molecule has 0 bridgehead atoms. The second-order valence-electron chi connectivity index (χ2n) is 7.32. The van der Waals surface area contributed by atoms with Gasteiger partial charge in [0.2, 0.25) is 12.0 Å². The highest BCUT2D eigenvalue weighted by molar-refractivity contribution is 5.89. The summed E-state index contributed by atoms with van der Waals surface area (Å²) in [6.45, 7) is 0. The predicted octanol–water partition coefficient (Wildman–Crippen LogP) is -0.152. The van der Waals surface area contributed by atoms with Crippen molar-refractivity contribution in [3.63, 3.8) is 0 Å². The molecule has 2 aromatic carbocycles. The Bertz CT molecular complexity index is 1260. The highest BCUT2D eigenvalue weighted by Crippen LogP contribution is 2.42. The Kier molecular flexibility index (Phi) is 5.59. The molecule has 5 atom stereocenters. The zero-order valence-corrected chi connectivity index (χ0v) is 16.5. The lowest BCUT2D eigenvalue weighted by Gasteiger charge is -2.38. The monoisotopic (exact) mass is 462 g/mol. The average molecular weight is 462 g/mol. The van der Waals surface area contributed by atoms with Crippen molar-refractivity contribution in [3.05, 3.63) is 46.6 Å². The van der Waals surface area contributed by atoms with Crippen LogP contribution in [0.4, 0.5) is 0 Å². The van der Waals surface area contributed by atoms with Crippen LogP contribution in [0.1, 0.15) is 0 Å². The first-order valence-corrected chi connectivity index (χ1v) is 9.49. The van der Waals surface area contributed by atoms with Crippen LogP contribution in [0.15, 0.2) is 45.6 Å². The van der Waals surface area contributed by atoms with Crippen LogP contribution >= 0.6 is 0 Å². The first-order valence-electron chi connectivity index (χ1n) is 9.49. The van der Waals surface area contributed by atoms with Crippen molar-refractivity contribution in [2.75, 3.05) is 0 Å². The molecule has 1 aliphatic rings. The Morgan fingerprint density at radius 1 is 0.909 bits per heavy atom. The molecule has 0 saturated carbocycles. The van der Waals surface area contributed by atoms with Gasteiger partial charge in [0.05, 0.1) is 0 Å². The smallest absolute Gasteiger partial charge is 0.335 e. The molecule has 12 heteroatoms. The number of carbonyl (C=O) groups is 1. The number of fused-ring (bicyclic) bond motifs is 1. The van der Waals surface area contributed by atoms with E-state index in [1.807, 2.05) is 0 Å². The number of benzene rings is 2. The second kappa shape index (κ2) is 8.26. The van der Waals surface area contributed by atoms with Gasteiger partial charge in [0.25, 0.3) is 0 Å². The van der Waals surface area contributed by atoms with Crippen molar-refractivity contribution in [1.29, 1.82) is 0 Å². The highest BCUT2D eigenvalue weighted by atomic mass is 16.7. The number of carboxylic acids is 1. The van der Waals surface area contributed by atoms with E-state index in [2.05, 4.69) is 0 Å². The quantitative estimate of drug-likeness (QED) is 0.253. The molecule has 0 amide bonds. The van der Waals surface area contributed by atoms with Crippen molar-refractivity contribution >= 4 is 16.9 Å². The molecular formula is C21H18O12. The molecule has 3 aromatic rings. The minimum absolute atomic E-state index is 0.0156. The topological polar surface area (TPSA) is 207 Å². The molecule has 7 N–H and O–H groups in total. The van der Waals surface area contributed by atoms with E-state index in [9.17, 15) is 40.2 Å². The number of aliphatic hydroxyl groups is 3. The van der Waals surface area contributed by atoms with E-state index >= 15 is 0 Å². The third kappa shape index (κ3) is 3.91. The van der Waals surface area contributed by atoms with E-state index < -0.39 is 59.4 Å². The maximum absolute atomic E-state index is 12.6. The summed E-state index contributed by atoms with van der Waals surface area (Å²) in [5, 5.41) is 68.6. The molecule has 174 valence electrons. The van der Waals surface area contributed by atoms with Crippen LogP contribution in [0.25, 0.3) is 22.3 Å². The van der Waals surface area contributed by atoms with Gasteiger partial charge < -0.3 is 49.6 Å². The van der Waals surface area contributed by atoms with Gasteiger partial charge in [-0.05, 0) is 24.3 Å². The van der Waals surface area contributed by atoms with Gasteiger partial charge in [-0.25, -0.2) is 4.79 Å². The van der Waals surface area contributed by atoms with Gasteiger partial charge in [-0.3, -0.25) is 4.79 Å². The lowest BCUT2D eigenvalue weighted by atomic mass is 9.99. The number of phenolic OH excluding ortho intramolecular Hbond substituents is 3. The summed E-state index contributed by atoms with van der Waals surface area (Å²) in [4.78, 5) is 23.8. The second-order valence-corrected chi connectivity index (χ2v) is 7.32. The number of phenols is 3. The molecule has 0 radical (unpaired) electrons. The lowest BCUT2D eigenvalue weighted by molar-refractivity contribution is -0.271. The normalized spacial score (nSPS) is 25.1. The Morgan fingerprint density at radius 2 is 1.58 bits per heavy atom. The number of ether oxygens (including phenoxy) is 2. The molecule has 1 saturated heterocycles. The average Bonchev–Trinajstić information content (AvgIpc) is 2.77. The molecule has 12 nitrogen and oxygen atoms in total. The van der Waals surface area contributed by atoms with Crippen LogP contribution in [-0.2, 0) is 9.53 Å². The summed E-state index contributed by atoms with van der Waals surface area (Å²) in [5.41, 5.74) is -0.539. The molecular weight excluding hydrogens is 444 g/mol. The first-order chi connectivity index (χ1) is 15.6. The van der Waals surface area contributed by atoms with Gasteiger partial charge in [0.15, 0.2) is 23.0 Å². The first kappa shape index (κ1) is 22.4. The third-order valence-corrected chi connectivity index (χ3v) is 5.14. The van der Waals surface area contributed by atoms with Crippen LogP contribution in [-0.4, -0.2) is 72.4 Å². The predicted molar refractivity (Wildman–Crippen MR) is 108 cm³/mol. The summed E-state index contributed by atoms with van der Waals surface area (Å²) in [5.74, 6) is -4.01. The van der Waals surface area contributed by atoms with Gasteiger partial charge in [-0.1, -0.05) is 0 Å². The summed E-state index contributed by atoms with van der Waals surface area (Å²) < 4.78 is 15.9. The summed E-state index contributed by atoms with van der Waals surface area (Å²) >= 11 is 0. The number of carboxylic acid groups (broad SMARTS) is 1. The number of aromatic hydroxyl groups is 3. The van der Waals surface area contributed by atoms with Gasteiger partial charge in [-0.2, -0.15) is 0 Å². The molecule has 33 heavy (non-hydrogen) atoms. The summed E-state index contributed by atoms with van der Waals surface area (Å²) in [6, 6.07) is 7.74. The molecule has 1 aliphatic heterocycles. The molecule has 0 aliphatic carbocycles. The molecule has 1 fully saturated rings. The molecule has 4 rings (SSSR count). The zero-order valence-electron chi connectivity index (χ0n) is 16.5. The van der Waals surface area contributed by atoms with Gasteiger partial charge in [-0.15, -0.1) is 0 Å². The zero-order chi connectivity index (χ0) is 24.0. The highest BCUT2D eigenvalue weighted by Gasteiger charge is 2.48. The van der Waals surface area contributed by atoms with Crippen molar-refractivity contribution in [2.45, 2.75) is 30.7 Å². The van der Waals surface area contributed by atoms with Crippen LogP contribution in [0.2, 0.25) is 0 Å². The Labute approximate surface area is 183 Å². The molecule has 2 heterocycles. The van der Waals surface area contributed by atoms with Crippen LogP contribution in [0, 0.1) is 0 Å². The lowest BCUT2D eigenvalue weighted by Crippen LogP contribution is -2.61. The minimum Gasteiger partial charge on any atom is -0.508 e. The third-order valence-electron chi connectivity index (χ3n) is 5.14. The van der Waals surface area contributed by atoms with E-state index in [1.54, 1.807) is 0 Å². The fourth-order valence-electron chi connectivity index (χ4n) is 3.40. The van der Waals surface area contributed by atoms with E-state index in [1.165, 1.54) is 24.3 Å². The van der Waals surface area contributed by atoms with Gasteiger partial charge in [0, 0.05) is 17.7 Å². The fourth-order valence-corrected chi connectivity index (χ4v) is 3.40. The number of aliphatic hydroxyl groups excluding tert-OH is 3. The largest absolute Gasteiger partial charge is 0.508 e. The van der Waals surface area contributed by atoms with E-state index in [-0.39, 0.29) is 22.5 Å². The maximum Gasteiger partial charge on any atom is 0.335 e. The Hall–Kier alpha value is -3.84. The van der Waals surface area contributed by atoms with Crippen molar-refractivity contribution < 1.29 is 54.4 Å². The van der Waals surface area contributed by atoms with Gasteiger partial charge >= 0.3 is 5.97 Å². The molecule has 0 unspecified atom stereocenters. The van der Waals surface area contributed by atoms with Crippen molar-refractivity contribution in [3.8, 4) is 34.3 Å². The van der Waals surface area contributed by atoms with Gasteiger partial charge in [0.1, 0.15) is 40.8 Å². The number of hydrogen-bond donors (Lipinski definition) is 7. The maximum atomic E-state index is 12.6. The SMILES string of the molecule is O=C(O)[C@@H]1O[C@@H](Oc2cc3oc(-c4ccc(O)cc4)cc(=O)c3c(O)c2O)[C@H](O)[C@@H](O)[C@@H]1O. The number of hydrogen-bond acceptors (Lipinski definition) is 11. The Balaban J connectivity index is 1.76. The van der Waals surface area contributed by atoms with Crippen LogP contribution < -0.4 is 10.2 Å². The summed E-state index contributed by atoms with van der Waals surface area (Å²) in [6.07, 6.45) is -9.67. The van der Waals surface area contributed by atoms with E-state index in [4.69, 9.17) is 19.0 Å². The number of rotatable bonds is 4. The van der Waals surface area contributed by atoms with Crippen molar-refractivity contribution in [1.82, 2.24) is 0 Å². The van der Waals surface area contributed by atoms with Crippen molar-refractivity contribution in [2.24, 2.45) is 0 Å². The minimum atomic E-state index is -1.96. The van der Waals surface area contributed by atoms with E-state index in [0.717, 1.165) is 12.1 Å². The number of aliphatic carboxylic acids is 1. The standard InChI is InChI=1S/C21H18O12/c22-8-3-1-7(2-4-8)10-5-9(23)13-11(31-10)6-12(14(24)15(13)25)32-21-18(28)16(26)17(27)19(33-21)20(29)30/h1-6,16-19,21-22,24-28H,(H,29,30)/t16-,17-,18+,19+,21+/m0/s1. The van der Waals surface area contributed by atoms with Crippen LogP contribution in [0.5, 0.6) is 23.0 Å².